The van der Waals surface area contributed by atoms with E-state index in [9.17, 15) is 0 Å². The molecule has 0 radical (unpaired) electrons. The van der Waals surface area contributed by atoms with Gasteiger partial charge in [-0.05, 0) is 31.9 Å². The standard InChI is InChI=1S/C17H24N2O/c1-5-18-17-15(11-20-13(4)12(2)3)10-14-8-6-7-9-16(14)19-17/h6-10,12-13H,5,11H2,1-4H3,(H,18,19). The first kappa shape index (κ1) is 14.8. The second-order valence-corrected chi connectivity index (χ2v) is 5.48. The van der Waals surface area contributed by atoms with E-state index in [1.807, 2.05) is 18.2 Å². The van der Waals surface area contributed by atoms with Crippen molar-refractivity contribution in [2.45, 2.75) is 40.4 Å². The molecule has 1 aromatic carbocycles. The highest BCUT2D eigenvalue weighted by Crippen LogP contribution is 2.22. The minimum absolute atomic E-state index is 0.246. The molecule has 1 aromatic heterocycles. The summed E-state index contributed by atoms with van der Waals surface area (Å²) < 4.78 is 5.95. The molecule has 0 bridgehead atoms. The number of hydrogen-bond donors (Lipinski definition) is 1. The Morgan fingerprint density at radius 3 is 2.65 bits per heavy atom. The summed E-state index contributed by atoms with van der Waals surface area (Å²) in [5.41, 5.74) is 2.14. The Kier molecular flexibility index (Phi) is 4.96. The zero-order valence-electron chi connectivity index (χ0n) is 12.8. The summed E-state index contributed by atoms with van der Waals surface area (Å²) in [5, 5.41) is 4.49. The van der Waals surface area contributed by atoms with Crippen molar-refractivity contribution in [3.8, 4) is 0 Å². The number of fused-ring (bicyclic) bond motifs is 1. The molecule has 108 valence electrons. The predicted molar refractivity (Wildman–Crippen MR) is 85.0 cm³/mol. The first-order valence-electron chi connectivity index (χ1n) is 7.36. The van der Waals surface area contributed by atoms with E-state index in [2.05, 4.69) is 45.1 Å². The number of ether oxygens (including phenoxy) is 1. The van der Waals surface area contributed by atoms with Crippen LogP contribution in [0.4, 0.5) is 5.82 Å². The van der Waals surface area contributed by atoms with Crippen LogP contribution in [-0.2, 0) is 11.3 Å². The topological polar surface area (TPSA) is 34.2 Å². The average molecular weight is 272 g/mol. The first-order chi connectivity index (χ1) is 9.61. The van der Waals surface area contributed by atoms with Gasteiger partial charge in [-0.1, -0.05) is 32.0 Å². The zero-order chi connectivity index (χ0) is 14.5. The van der Waals surface area contributed by atoms with Crippen molar-refractivity contribution in [1.29, 1.82) is 0 Å². The SMILES string of the molecule is CCNc1nc2ccccc2cc1COC(C)C(C)C. The Balaban J connectivity index is 2.27. The smallest absolute Gasteiger partial charge is 0.132 e. The van der Waals surface area contributed by atoms with E-state index in [-0.39, 0.29) is 6.10 Å². The van der Waals surface area contributed by atoms with Gasteiger partial charge in [-0.25, -0.2) is 4.98 Å². The van der Waals surface area contributed by atoms with Crippen LogP contribution in [0.3, 0.4) is 0 Å². The highest BCUT2D eigenvalue weighted by atomic mass is 16.5. The second-order valence-electron chi connectivity index (χ2n) is 5.48. The summed E-state index contributed by atoms with van der Waals surface area (Å²) in [7, 11) is 0. The average Bonchev–Trinajstić information content (AvgIpc) is 2.44. The molecule has 3 heteroatoms. The van der Waals surface area contributed by atoms with Crippen molar-refractivity contribution in [3.63, 3.8) is 0 Å². The molecule has 0 saturated heterocycles. The molecule has 1 atom stereocenters. The summed E-state index contributed by atoms with van der Waals surface area (Å²) in [6, 6.07) is 10.4. The largest absolute Gasteiger partial charge is 0.373 e. The molecule has 0 fully saturated rings. The van der Waals surface area contributed by atoms with E-state index in [1.165, 1.54) is 0 Å². The summed E-state index contributed by atoms with van der Waals surface area (Å²) in [5.74, 6) is 1.45. The minimum Gasteiger partial charge on any atom is -0.373 e. The number of anilines is 1. The lowest BCUT2D eigenvalue weighted by molar-refractivity contribution is 0.0237. The van der Waals surface area contributed by atoms with Gasteiger partial charge < -0.3 is 10.1 Å². The second kappa shape index (κ2) is 6.71. The van der Waals surface area contributed by atoms with Gasteiger partial charge in [-0.2, -0.15) is 0 Å². The summed E-state index contributed by atoms with van der Waals surface area (Å²) in [6.45, 7) is 10.0. The molecule has 0 spiro atoms. The van der Waals surface area contributed by atoms with Crippen molar-refractivity contribution in [2.24, 2.45) is 5.92 Å². The molecule has 0 saturated carbocycles. The van der Waals surface area contributed by atoms with Crippen molar-refractivity contribution in [2.75, 3.05) is 11.9 Å². The lowest BCUT2D eigenvalue weighted by Crippen LogP contribution is -2.16. The highest BCUT2D eigenvalue weighted by Gasteiger charge is 2.11. The molecule has 3 nitrogen and oxygen atoms in total. The van der Waals surface area contributed by atoms with E-state index >= 15 is 0 Å². The van der Waals surface area contributed by atoms with Gasteiger partial charge in [0.25, 0.3) is 0 Å². The summed E-state index contributed by atoms with van der Waals surface area (Å²) in [4.78, 5) is 4.70. The van der Waals surface area contributed by atoms with E-state index < -0.39 is 0 Å². The van der Waals surface area contributed by atoms with Crippen LogP contribution in [0.15, 0.2) is 30.3 Å². The van der Waals surface area contributed by atoms with E-state index in [0.717, 1.165) is 28.8 Å². The van der Waals surface area contributed by atoms with Crippen molar-refractivity contribution < 1.29 is 4.74 Å². The molecule has 0 aliphatic rings. The summed E-state index contributed by atoms with van der Waals surface area (Å²) in [6.07, 6.45) is 0.246. The molecular weight excluding hydrogens is 248 g/mol. The van der Waals surface area contributed by atoms with Crippen LogP contribution in [0.25, 0.3) is 10.9 Å². The molecule has 20 heavy (non-hydrogen) atoms. The highest BCUT2D eigenvalue weighted by molar-refractivity contribution is 5.81. The Hall–Kier alpha value is -1.61. The quantitative estimate of drug-likeness (QED) is 0.854. The van der Waals surface area contributed by atoms with Crippen molar-refractivity contribution in [3.05, 3.63) is 35.9 Å². The van der Waals surface area contributed by atoms with Gasteiger partial charge in [0.1, 0.15) is 5.82 Å². The van der Waals surface area contributed by atoms with Gasteiger partial charge >= 0.3 is 0 Å². The normalized spacial score (nSPS) is 12.8. The van der Waals surface area contributed by atoms with Gasteiger partial charge in [-0.15, -0.1) is 0 Å². The van der Waals surface area contributed by atoms with Crippen LogP contribution in [0.5, 0.6) is 0 Å². The lowest BCUT2D eigenvalue weighted by atomic mass is 10.1. The Morgan fingerprint density at radius 1 is 1.20 bits per heavy atom. The first-order valence-corrected chi connectivity index (χ1v) is 7.36. The third kappa shape index (κ3) is 3.48. The molecule has 1 N–H and O–H groups in total. The van der Waals surface area contributed by atoms with E-state index in [0.29, 0.717) is 12.5 Å². The van der Waals surface area contributed by atoms with Crippen LogP contribution < -0.4 is 5.32 Å². The molecule has 1 heterocycles. The fourth-order valence-electron chi connectivity index (χ4n) is 2.00. The van der Waals surface area contributed by atoms with Gasteiger partial charge in [0, 0.05) is 17.5 Å². The van der Waals surface area contributed by atoms with Gasteiger partial charge in [0.05, 0.1) is 18.2 Å². The summed E-state index contributed by atoms with van der Waals surface area (Å²) >= 11 is 0. The van der Waals surface area contributed by atoms with Crippen LogP contribution >= 0.6 is 0 Å². The maximum atomic E-state index is 5.95. The Labute approximate surface area is 121 Å². The molecule has 2 aromatic rings. The molecule has 0 aliphatic heterocycles. The third-order valence-corrected chi connectivity index (χ3v) is 3.59. The zero-order valence-corrected chi connectivity index (χ0v) is 12.8. The monoisotopic (exact) mass is 272 g/mol. The van der Waals surface area contributed by atoms with E-state index in [4.69, 9.17) is 9.72 Å². The van der Waals surface area contributed by atoms with Crippen LogP contribution in [-0.4, -0.2) is 17.6 Å². The number of rotatable bonds is 6. The van der Waals surface area contributed by atoms with Crippen LogP contribution in [0.1, 0.15) is 33.3 Å². The van der Waals surface area contributed by atoms with Crippen molar-refractivity contribution >= 4 is 16.7 Å². The Bertz CT molecular complexity index is 566. The predicted octanol–water partition coefficient (Wildman–Crippen LogP) is 4.23. The molecule has 1 unspecified atom stereocenters. The number of aromatic nitrogens is 1. The number of para-hydroxylation sites is 1. The fourth-order valence-corrected chi connectivity index (χ4v) is 2.00. The van der Waals surface area contributed by atoms with Crippen LogP contribution in [0, 0.1) is 5.92 Å². The van der Waals surface area contributed by atoms with Crippen LogP contribution in [0.2, 0.25) is 0 Å². The number of hydrogen-bond acceptors (Lipinski definition) is 3. The van der Waals surface area contributed by atoms with Crippen molar-refractivity contribution in [1.82, 2.24) is 4.98 Å². The number of pyridine rings is 1. The van der Waals surface area contributed by atoms with Gasteiger partial charge in [-0.3, -0.25) is 0 Å². The third-order valence-electron chi connectivity index (χ3n) is 3.59. The van der Waals surface area contributed by atoms with E-state index in [1.54, 1.807) is 0 Å². The van der Waals surface area contributed by atoms with Gasteiger partial charge in [0.2, 0.25) is 0 Å². The van der Waals surface area contributed by atoms with Gasteiger partial charge in [0.15, 0.2) is 0 Å². The maximum Gasteiger partial charge on any atom is 0.132 e. The number of nitrogens with zero attached hydrogens (tertiary/aromatic N) is 1. The number of nitrogens with one attached hydrogen (secondary N) is 1. The Morgan fingerprint density at radius 2 is 1.95 bits per heavy atom. The minimum atomic E-state index is 0.246. The lowest BCUT2D eigenvalue weighted by Gasteiger charge is -2.18. The molecule has 0 amide bonds. The number of benzene rings is 1. The molecular formula is C17H24N2O. The molecule has 0 aliphatic carbocycles. The maximum absolute atomic E-state index is 5.95. The molecule has 2 rings (SSSR count). The fraction of sp³-hybridized carbons (Fsp3) is 0.471.